The second kappa shape index (κ2) is 4.14. The van der Waals surface area contributed by atoms with Crippen LogP contribution in [-0.2, 0) is 4.79 Å². The van der Waals surface area contributed by atoms with Gasteiger partial charge in [-0.2, -0.15) is 0 Å². The summed E-state index contributed by atoms with van der Waals surface area (Å²) in [5, 5.41) is 4.00. The van der Waals surface area contributed by atoms with Gasteiger partial charge in [0.25, 0.3) is 5.91 Å². The first-order valence-corrected chi connectivity index (χ1v) is 6.52. The molecule has 0 radical (unpaired) electrons. The summed E-state index contributed by atoms with van der Waals surface area (Å²) in [4.78, 5) is 16.2. The van der Waals surface area contributed by atoms with E-state index in [0.29, 0.717) is 6.54 Å². The topological polar surface area (TPSA) is 35.6 Å². The molecule has 0 spiro atoms. The summed E-state index contributed by atoms with van der Waals surface area (Å²) in [6.07, 6.45) is 0. The third-order valence-corrected chi connectivity index (χ3v) is 3.98. The maximum atomic E-state index is 12.3. The fourth-order valence-electron chi connectivity index (χ4n) is 2.79. The van der Waals surface area contributed by atoms with Gasteiger partial charge < -0.3 is 15.1 Å². The average molecular weight is 266 g/mol. The van der Waals surface area contributed by atoms with Crippen LogP contribution in [0.5, 0.6) is 0 Å². The number of piperazine rings is 1. The van der Waals surface area contributed by atoms with E-state index in [9.17, 15) is 4.79 Å². The molecular weight excluding hydrogens is 250 g/mol. The monoisotopic (exact) mass is 265 g/mol. The Kier molecular flexibility index (Phi) is 2.72. The van der Waals surface area contributed by atoms with Crippen LogP contribution < -0.4 is 15.1 Å². The SMILES string of the molecule is Cc1cc(Cl)c2c(c1)N(C)C(=O)C1CNCCN21. The summed E-state index contributed by atoms with van der Waals surface area (Å²) in [6.45, 7) is 4.39. The van der Waals surface area contributed by atoms with Crippen LogP contribution in [-0.4, -0.2) is 38.6 Å². The Morgan fingerprint density at radius 3 is 3.00 bits per heavy atom. The summed E-state index contributed by atoms with van der Waals surface area (Å²) in [6, 6.07) is 3.86. The number of amides is 1. The van der Waals surface area contributed by atoms with Gasteiger partial charge in [-0.05, 0) is 24.6 Å². The smallest absolute Gasteiger partial charge is 0.250 e. The second-order valence-electron chi connectivity index (χ2n) is 4.93. The number of halogens is 1. The number of likely N-dealkylation sites (N-methyl/N-ethyl adjacent to an activating group) is 1. The third-order valence-electron chi connectivity index (χ3n) is 3.70. The van der Waals surface area contributed by atoms with Crippen molar-refractivity contribution in [3.05, 3.63) is 22.7 Å². The molecule has 5 heteroatoms. The first-order chi connectivity index (χ1) is 8.59. The normalized spacial score (nSPS) is 22.8. The van der Waals surface area contributed by atoms with E-state index in [2.05, 4.69) is 10.2 Å². The molecule has 2 aliphatic rings. The number of carbonyl (C=O) groups is 1. The molecule has 2 aliphatic heterocycles. The fourth-order valence-corrected chi connectivity index (χ4v) is 3.17. The summed E-state index contributed by atoms with van der Waals surface area (Å²) < 4.78 is 0. The van der Waals surface area contributed by atoms with Gasteiger partial charge in [-0.3, -0.25) is 4.79 Å². The minimum absolute atomic E-state index is 0.128. The van der Waals surface area contributed by atoms with Crippen LogP contribution >= 0.6 is 11.6 Å². The molecule has 4 nitrogen and oxygen atoms in total. The van der Waals surface area contributed by atoms with Crippen LogP contribution in [0, 0.1) is 6.92 Å². The lowest BCUT2D eigenvalue weighted by Gasteiger charge is -2.44. The molecule has 1 aromatic rings. The Balaban J connectivity index is 2.18. The molecule has 96 valence electrons. The van der Waals surface area contributed by atoms with Crippen molar-refractivity contribution in [3.8, 4) is 0 Å². The van der Waals surface area contributed by atoms with Crippen LogP contribution in [0.15, 0.2) is 12.1 Å². The van der Waals surface area contributed by atoms with Gasteiger partial charge in [0, 0.05) is 26.7 Å². The number of rotatable bonds is 0. The summed E-state index contributed by atoms with van der Waals surface area (Å²) in [5.74, 6) is 0.136. The van der Waals surface area contributed by atoms with Crippen LogP contribution in [0.2, 0.25) is 5.02 Å². The zero-order valence-corrected chi connectivity index (χ0v) is 11.3. The predicted molar refractivity (Wildman–Crippen MR) is 73.6 cm³/mol. The molecule has 1 N–H and O–H groups in total. The fraction of sp³-hybridized carbons (Fsp3) is 0.462. The molecule has 0 aliphatic carbocycles. The molecule has 0 aromatic heterocycles. The van der Waals surface area contributed by atoms with Crippen molar-refractivity contribution < 1.29 is 4.79 Å². The number of hydrogen-bond donors (Lipinski definition) is 1. The molecule has 3 rings (SSSR count). The van der Waals surface area contributed by atoms with Crippen LogP contribution in [0.4, 0.5) is 11.4 Å². The molecule has 1 aromatic carbocycles. The van der Waals surface area contributed by atoms with E-state index in [1.54, 1.807) is 4.90 Å². The van der Waals surface area contributed by atoms with E-state index < -0.39 is 0 Å². The lowest BCUT2D eigenvalue weighted by Crippen LogP contribution is -2.61. The first kappa shape index (κ1) is 11.8. The summed E-state index contributed by atoms with van der Waals surface area (Å²) >= 11 is 6.38. The van der Waals surface area contributed by atoms with Gasteiger partial charge >= 0.3 is 0 Å². The van der Waals surface area contributed by atoms with Crippen molar-refractivity contribution in [1.29, 1.82) is 0 Å². The number of carbonyl (C=O) groups excluding carboxylic acids is 1. The van der Waals surface area contributed by atoms with Crippen molar-refractivity contribution in [1.82, 2.24) is 5.32 Å². The maximum Gasteiger partial charge on any atom is 0.250 e. The molecule has 0 saturated carbocycles. The molecule has 1 fully saturated rings. The van der Waals surface area contributed by atoms with Gasteiger partial charge in [0.15, 0.2) is 0 Å². The van der Waals surface area contributed by atoms with E-state index in [1.165, 1.54) is 0 Å². The standard InChI is InChI=1S/C13H16ClN3O/c1-8-5-9(14)12-10(6-8)16(2)13(18)11-7-15-3-4-17(11)12/h5-6,11,15H,3-4,7H2,1-2H3. The Labute approximate surface area is 112 Å². The summed E-state index contributed by atoms with van der Waals surface area (Å²) in [7, 11) is 1.82. The van der Waals surface area contributed by atoms with Crippen molar-refractivity contribution in [2.75, 3.05) is 36.5 Å². The van der Waals surface area contributed by atoms with Gasteiger partial charge in [0.2, 0.25) is 0 Å². The molecule has 1 amide bonds. The van der Waals surface area contributed by atoms with Crippen molar-refractivity contribution in [2.45, 2.75) is 13.0 Å². The summed E-state index contributed by atoms with van der Waals surface area (Å²) in [5.41, 5.74) is 2.99. The van der Waals surface area contributed by atoms with Gasteiger partial charge in [-0.25, -0.2) is 0 Å². The average Bonchev–Trinajstić information content (AvgIpc) is 2.35. The number of nitrogens with zero attached hydrogens (tertiary/aromatic N) is 2. The van der Waals surface area contributed by atoms with Crippen LogP contribution in [0.25, 0.3) is 0 Å². The van der Waals surface area contributed by atoms with E-state index in [1.807, 2.05) is 26.1 Å². The number of benzene rings is 1. The molecule has 0 bridgehead atoms. The molecule has 1 atom stereocenters. The Morgan fingerprint density at radius 1 is 1.44 bits per heavy atom. The highest BCUT2D eigenvalue weighted by Gasteiger charge is 2.39. The van der Waals surface area contributed by atoms with Gasteiger partial charge in [-0.15, -0.1) is 0 Å². The zero-order chi connectivity index (χ0) is 12.9. The number of nitrogens with one attached hydrogen (secondary N) is 1. The predicted octanol–water partition coefficient (Wildman–Crippen LogP) is 1.40. The molecule has 18 heavy (non-hydrogen) atoms. The van der Waals surface area contributed by atoms with Gasteiger partial charge in [0.1, 0.15) is 6.04 Å². The number of aryl methyl sites for hydroxylation is 1. The minimum atomic E-state index is -0.128. The second-order valence-corrected chi connectivity index (χ2v) is 5.33. The van der Waals surface area contributed by atoms with E-state index in [0.717, 1.165) is 35.1 Å². The zero-order valence-electron chi connectivity index (χ0n) is 10.5. The highest BCUT2D eigenvalue weighted by atomic mass is 35.5. The quantitative estimate of drug-likeness (QED) is 0.770. The van der Waals surface area contributed by atoms with Gasteiger partial charge in [-0.1, -0.05) is 11.6 Å². The Morgan fingerprint density at radius 2 is 2.22 bits per heavy atom. The lowest BCUT2D eigenvalue weighted by atomic mass is 10.0. The third kappa shape index (κ3) is 1.60. The van der Waals surface area contributed by atoms with E-state index in [4.69, 9.17) is 11.6 Å². The highest BCUT2D eigenvalue weighted by molar-refractivity contribution is 6.34. The largest absolute Gasteiger partial charge is 0.354 e. The Hall–Kier alpha value is -1.26. The van der Waals surface area contributed by atoms with E-state index >= 15 is 0 Å². The van der Waals surface area contributed by atoms with Crippen LogP contribution in [0.1, 0.15) is 5.56 Å². The number of fused-ring (bicyclic) bond motifs is 3. The minimum Gasteiger partial charge on any atom is -0.354 e. The van der Waals surface area contributed by atoms with E-state index in [-0.39, 0.29) is 11.9 Å². The lowest BCUT2D eigenvalue weighted by molar-refractivity contribution is -0.120. The molecular formula is C13H16ClN3O. The first-order valence-electron chi connectivity index (χ1n) is 6.14. The van der Waals surface area contributed by atoms with Crippen molar-refractivity contribution >= 4 is 28.9 Å². The maximum absolute atomic E-state index is 12.3. The molecule has 1 unspecified atom stereocenters. The number of hydrogen-bond acceptors (Lipinski definition) is 3. The number of anilines is 2. The highest BCUT2D eigenvalue weighted by Crippen LogP contribution is 2.41. The van der Waals surface area contributed by atoms with Crippen LogP contribution in [0.3, 0.4) is 0 Å². The Bertz CT molecular complexity index is 517. The molecule has 1 saturated heterocycles. The van der Waals surface area contributed by atoms with Gasteiger partial charge in [0.05, 0.1) is 16.4 Å². The van der Waals surface area contributed by atoms with Crippen molar-refractivity contribution in [3.63, 3.8) is 0 Å². The molecule has 2 heterocycles. The van der Waals surface area contributed by atoms with Crippen molar-refractivity contribution in [2.24, 2.45) is 0 Å².